The summed E-state index contributed by atoms with van der Waals surface area (Å²) >= 11 is 0. The van der Waals surface area contributed by atoms with Gasteiger partial charge >= 0.3 is 0 Å². The van der Waals surface area contributed by atoms with E-state index in [0.717, 1.165) is 23.5 Å². The van der Waals surface area contributed by atoms with Crippen molar-refractivity contribution in [1.82, 2.24) is 19.7 Å². The number of hydrogen-bond donors (Lipinski definition) is 2. The molecule has 0 atom stereocenters. The van der Waals surface area contributed by atoms with E-state index in [1.54, 1.807) is 0 Å². The summed E-state index contributed by atoms with van der Waals surface area (Å²) in [4.78, 5) is 8.52. The van der Waals surface area contributed by atoms with Gasteiger partial charge in [0.2, 0.25) is 0 Å². The Hall–Kier alpha value is -2.11. The van der Waals surface area contributed by atoms with Crippen molar-refractivity contribution in [3.8, 4) is 0 Å². The lowest BCUT2D eigenvalue weighted by Gasteiger charge is -2.10. The third-order valence-electron chi connectivity index (χ3n) is 3.07. The van der Waals surface area contributed by atoms with Crippen molar-refractivity contribution in [3.63, 3.8) is 0 Å². The van der Waals surface area contributed by atoms with Gasteiger partial charge in [-0.25, -0.2) is 9.97 Å². The van der Waals surface area contributed by atoms with Gasteiger partial charge < -0.3 is 11.1 Å². The first-order valence-corrected chi connectivity index (χ1v) is 6.37. The van der Waals surface area contributed by atoms with Crippen LogP contribution in [0.5, 0.6) is 0 Å². The van der Waals surface area contributed by atoms with E-state index in [0.29, 0.717) is 18.2 Å². The Labute approximate surface area is 113 Å². The lowest BCUT2D eigenvalue weighted by atomic mass is 10.2. The largest absolute Gasteiger partial charge is 0.383 e. The van der Waals surface area contributed by atoms with Gasteiger partial charge in [0.1, 0.15) is 17.5 Å². The van der Waals surface area contributed by atoms with Gasteiger partial charge in [-0.2, -0.15) is 5.10 Å². The molecule has 0 spiro atoms. The maximum absolute atomic E-state index is 5.84. The number of anilines is 2. The van der Waals surface area contributed by atoms with Crippen molar-refractivity contribution in [2.75, 3.05) is 11.1 Å². The van der Waals surface area contributed by atoms with Gasteiger partial charge in [-0.1, -0.05) is 6.92 Å². The number of rotatable bonds is 4. The van der Waals surface area contributed by atoms with Gasteiger partial charge in [0.15, 0.2) is 0 Å². The fourth-order valence-corrected chi connectivity index (χ4v) is 2.03. The van der Waals surface area contributed by atoms with Crippen LogP contribution in [0, 0.1) is 13.8 Å². The Balaban J connectivity index is 2.18. The topological polar surface area (TPSA) is 81.7 Å². The van der Waals surface area contributed by atoms with E-state index < -0.39 is 0 Å². The molecule has 2 heterocycles. The zero-order chi connectivity index (χ0) is 14.0. The second-order valence-electron chi connectivity index (χ2n) is 4.61. The minimum absolute atomic E-state index is 0.525. The SMILES string of the molecule is CCc1nn(C)cc1CNc1nc(C)nc(N)c1C. The predicted octanol–water partition coefficient (Wildman–Crippen LogP) is 1.58. The van der Waals surface area contributed by atoms with Gasteiger partial charge in [-0.05, 0) is 20.3 Å². The summed E-state index contributed by atoms with van der Waals surface area (Å²) in [7, 11) is 1.93. The normalized spacial score (nSPS) is 10.7. The molecule has 0 radical (unpaired) electrons. The number of aryl methyl sites for hydroxylation is 3. The highest BCUT2D eigenvalue weighted by molar-refractivity contribution is 5.54. The molecule has 2 aromatic heterocycles. The quantitative estimate of drug-likeness (QED) is 0.872. The summed E-state index contributed by atoms with van der Waals surface area (Å²) in [6.45, 7) is 6.54. The lowest BCUT2D eigenvalue weighted by Crippen LogP contribution is -2.08. The summed E-state index contributed by atoms with van der Waals surface area (Å²) in [5, 5.41) is 7.73. The molecule has 0 saturated heterocycles. The van der Waals surface area contributed by atoms with Crippen LogP contribution in [0.2, 0.25) is 0 Å². The van der Waals surface area contributed by atoms with Crippen molar-refractivity contribution in [2.45, 2.75) is 33.7 Å². The first-order valence-electron chi connectivity index (χ1n) is 6.37. The highest BCUT2D eigenvalue weighted by Crippen LogP contribution is 2.18. The fraction of sp³-hybridized carbons (Fsp3) is 0.462. The number of nitrogens with two attached hydrogens (primary N) is 1. The average molecular weight is 260 g/mol. The molecule has 0 aliphatic carbocycles. The zero-order valence-electron chi connectivity index (χ0n) is 11.9. The van der Waals surface area contributed by atoms with E-state index in [4.69, 9.17) is 5.73 Å². The van der Waals surface area contributed by atoms with E-state index in [1.165, 1.54) is 5.56 Å². The molecule has 19 heavy (non-hydrogen) atoms. The lowest BCUT2D eigenvalue weighted by molar-refractivity contribution is 0.746. The standard InChI is InChI=1S/C13H20N6/c1-5-11-10(7-19(4)18-11)6-15-13-8(2)12(14)16-9(3)17-13/h7H,5-6H2,1-4H3,(H3,14,15,16,17). The molecule has 3 N–H and O–H groups in total. The molecule has 2 rings (SSSR count). The predicted molar refractivity (Wildman–Crippen MR) is 75.8 cm³/mol. The third kappa shape index (κ3) is 2.83. The average Bonchev–Trinajstić information content (AvgIpc) is 2.72. The van der Waals surface area contributed by atoms with Crippen molar-refractivity contribution in [3.05, 3.63) is 28.8 Å². The van der Waals surface area contributed by atoms with Gasteiger partial charge in [-0.3, -0.25) is 4.68 Å². The number of nitrogens with one attached hydrogen (secondary N) is 1. The molecule has 0 fully saturated rings. The monoisotopic (exact) mass is 260 g/mol. The molecule has 6 nitrogen and oxygen atoms in total. The minimum atomic E-state index is 0.525. The molecular formula is C13H20N6. The number of aromatic nitrogens is 4. The zero-order valence-corrected chi connectivity index (χ0v) is 11.9. The minimum Gasteiger partial charge on any atom is -0.383 e. The van der Waals surface area contributed by atoms with Crippen LogP contribution in [0.15, 0.2) is 6.20 Å². The van der Waals surface area contributed by atoms with Gasteiger partial charge in [0.05, 0.1) is 5.69 Å². The first kappa shape index (κ1) is 13.3. The Morgan fingerprint density at radius 1 is 1.32 bits per heavy atom. The molecule has 0 aromatic carbocycles. The van der Waals surface area contributed by atoms with Crippen LogP contribution < -0.4 is 11.1 Å². The maximum atomic E-state index is 5.84. The van der Waals surface area contributed by atoms with Crippen molar-refractivity contribution in [1.29, 1.82) is 0 Å². The van der Waals surface area contributed by atoms with Gasteiger partial charge in [-0.15, -0.1) is 0 Å². The highest BCUT2D eigenvalue weighted by Gasteiger charge is 2.09. The smallest absolute Gasteiger partial charge is 0.135 e. The molecule has 6 heteroatoms. The van der Waals surface area contributed by atoms with E-state index >= 15 is 0 Å². The molecular weight excluding hydrogens is 240 g/mol. The Morgan fingerprint density at radius 3 is 2.74 bits per heavy atom. The molecule has 0 saturated carbocycles. The van der Waals surface area contributed by atoms with E-state index in [2.05, 4.69) is 27.3 Å². The molecule has 2 aromatic rings. The summed E-state index contributed by atoms with van der Waals surface area (Å²) < 4.78 is 1.84. The number of nitrogen functional groups attached to an aromatic ring is 1. The van der Waals surface area contributed by atoms with E-state index in [1.807, 2.05) is 31.8 Å². The molecule has 102 valence electrons. The van der Waals surface area contributed by atoms with Crippen LogP contribution in [0.3, 0.4) is 0 Å². The Morgan fingerprint density at radius 2 is 2.05 bits per heavy atom. The Bertz CT molecular complexity index is 587. The van der Waals surface area contributed by atoms with Crippen LogP contribution in [0.4, 0.5) is 11.6 Å². The maximum Gasteiger partial charge on any atom is 0.135 e. The van der Waals surface area contributed by atoms with Crippen molar-refractivity contribution < 1.29 is 0 Å². The van der Waals surface area contributed by atoms with Crippen LogP contribution in [-0.2, 0) is 20.0 Å². The molecule has 0 amide bonds. The van der Waals surface area contributed by atoms with Gasteiger partial charge in [0, 0.05) is 30.9 Å². The summed E-state index contributed by atoms with van der Waals surface area (Å²) in [5.41, 5.74) is 9.01. The van der Waals surface area contributed by atoms with Crippen LogP contribution >= 0.6 is 0 Å². The highest BCUT2D eigenvalue weighted by atomic mass is 15.3. The fourth-order valence-electron chi connectivity index (χ4n) is 2.03. The van der Waals surface area contributed by atoms with Crippen molar-refractivity contribution >= 4 is 11.6 Å². The van der Waals surface area contributed by atoms with Gasteiger partial charge in [0.25, 0.3) is 0 Å². The van der Waals surface area contributed by atoms with Crippen LogP contribution in [0.1, 0.15) is 29.6 Å². The van der Waals surface area contributed by atoms with Crippen LogP contribution in [0.25, 0.3) is 0 Å². The molecule has 0 aliphatic rings. The van der Waals surface area contributed by atoms with E-state index in [-0.39, 0.29) is 0 Å². The summed E-state index contributed by atoms with van der Waals surface area (Å²) in [5.74, 6) is 1.99. The van der Waals surface area contributed by atoms with E-state index in [9.17, 15) is 0 Å². The summed E-state index contributed by atoms with van der Waals surface area (Å²) in [6.07, 6.45) is 2.94. The molecule has 0 unspecified atom stereocenters. The second kappa shape index (κ2) is 5.26. The van der Waals surface area contributed by atoms with Crippen molar-refractivity contribution in [2.24, 2.45) is 7.05 Å². The summed E-state index contributed by atoms with van der Waals surface area (Å²) in [6, 6.07) is 0. The number of hydrogen-bond acceptors (Lipinski definition) is 5. The number of nitrogens with zero attached hydrogens (tertiary/aromatic N) is 4. The first-order chi connectivity index (χ1) is 9.01. The molecule has 0 aliphatic heterocycles. The second-order valence-corrected chi connectivity index (χ2v) is 4.61. The Kier molecular flexibility index (Phi) is 3.69. The molecule has 0 bridgehead atoms. The van der Waals surface area contributed by atoms with Crippen LogP contribution in [-0.4, -0.2) is 19.7 Å². The third-order valence-corrected chi connectivity index (χ3v) is 3.07.